The first kappa shape index (κ1) is 13.9. The van der Waals surface area contributed by atoms with Crippen molar-refractivity contribution in [2.45, 2.75) is 32.9 Å². The number of rotatable bonds is 5. The summed E-state index contributed by atoms with van der Waals surface area (Å²) < 4.78 is 9.19. The Hall–Kier alpha value is -1.10. The second-order valence-electron chi connectivity index (χ2n) is 3.66. The van der Waals surface area contributed by atoms with Crippen LogP contribution >= 0.6 is 0 Å². The van der Waals surface area contributed by atoms with Crippen LogP contribution in [0.3, 0.4) is 0 Å². The van der Waals surface area contributed by atoms with E-state index in [1.54, 1.807) is 6.92 Å². The average molecular weight is 217 g/mol. The van der Waals surface area contributed by atoms with Gasteiger partial charge in [-0.2, -0.15) is 0 Å². The van der Waals surface area contributed by atoms with Crippen LogP contribution in [0, 0.1) is 5.92 Å². The molecule has 0 bridgehead atoms. The first-order valence-corrected chi connectivity index (χ1v) is 4.85. The number of nitrogens with one attached hydrogen (secondary N) is 1. The molecule has 0 amide bonds. The Morgan fingerprint density at radius 3 is 1.80 bits per heavy atom. The lowest BCUT2D eigenvalue weighted by molar-refractivity contribution is -0.147. The maximum absolute atomic E-state index is 11.4. The molecule has 0 aromatic carbocycles. The van der Waals surface area contributed by atoms with Crippen molar-refractivity contribution in [3.8, 4) is 0 Å². The third-order valence-corrected chi connectivity index (χ3v) is 2.11. The van der Waals surface area contributed by atoms with Gasteiger partial charge in [0.15, 0.2) is 0 Å². The zero-order valence-corrected chi connectivity index (χ0v) is 9.87. The Morgan fingerprint density at radius 2 is 1.47 bits per heavy atom. The Bertz CT molecular complexity index is 227. The van der Waals surface area contributed by atoms with E-state index < -0.39 is 18.1 Å². The minimum atomic E-state index is -0.526. The standard InChI is InChI=1S/C10H19NO4/c1-6(2)8(10(13)15-5)11-7(3)9(12)14-4/h6-8,11H,1-5H3. The topological polar surface area (TPSA) is 64.6 Å². The van der Waals surface area contributed by atoms with Crippen molar-refractivity contribution in [2.24, 2.45) is 5.92 Å². The SMILES string of the molecule is COC(=O)C(C)NC(C(=O)OC)C(C)C. The highest BCUT2D eigenvalue weighted by Gasteiger charge is 2.27. The molecule has 0 aromatic rings. The van der Waals surface area contributed by atoms with Crippen molar-refractivity contribution in [1.82, 2.24) is 5.32 Å². The van der Waals surface area contributed by atoms with Gasteiger partial charge in [-0.25, -0.2) is 0 Å². The highest BCUT2D eigenvalue weighted by atomic mass is 16.5. The van der Waals surface area contributed by atoms with Gasteiger partial charge in [-0.15, -0.1) is 0 Å². The third-order valence-electron chi connectivity index (χ3n) is 2.11. The predicted molar refractivity (Wildman–Crippen MR) is 55.3 cm³/mol. The zero-order chi connectivity index (χ0) is 12.0. The second kappa shape index (κ2) is 6.40. The van der Waals surface area contributed by atoms with E-state index in [2.05, 4.69) is 14.8 Å². The van der Waals surface area contributed by atoms with Gasteiger partial charge in [0.1, 0.15) is 12.1 Å². The molecule has 0 radical (unpaired) electrons. The summed E-state index contributed by atoms with van der Waals surface area (Å²) in [5.41, 5.74) is 0. The van der Waals surface area contributed by atoms with Crippen LogP contribution in [0.15, 0.2) is 0 Å². The Morgan fingerprint density at radius 1 is 1.00 bits per heavy atom. The van der Waals surface area contributed by atoms with Gasteiger partial charge in [-0.1, -0.05) is 13.8 Å². The number of carbonyl (C=O) groups is 2. The van der Waals surface area contributed by atoms with E-state index in [-0.39, 0.29) is 11.9 Å². The van der Waals surface area contributed by atoms with E-state index in [4.69, 9.17) is 0 Å². The van der Waals surface area contributed by atoms with E-state index in [0.29, 0.717) is 0 Å². The van der Waals surface area contributed by atoms with E-state index in [1.807, 2.05) is 13.8 Å². The number of esters is 2. The Kier molecular flexibility index (Phi) is 5.93. The Labute approximate surface area is 90.1 Å². The van der Waals surface area contributed by atoms with Gasteiger partial charge in [0, 0.05) is 0 Å². The molecule has 0 aliphatic heterocycles. The minimum Gasteiger partial charge on any atom is -0.468 e. The number of carbonyl (C=O) groups excluding carboxylic acids is 2. The molecule has 15 heavy (non-hydrogen) atoms. The molecule has 0 aromatic heterocycles. The third kappa shape index (κ3) is 4.29. The van der Waals surface area contributed by atoms with E-state index in [1.165, 1.54) is 14.2 Å². The predicted octanol–water partition coefficient (Wildman–Crippen LogP) is 0.335. The van der Waals surface area contributed by atoms with Gasteiger partial charge in [0.25, 0.3) is 0 Å². The number of ether oxygens (including phenoxy) is 2. The van der Waals surface area contributed by atoms with Crippen LogP contribution in [-0.2, 0) is 19.1 Å². The van der Waals surface area contributed by atoms with Crippen LogP contribution in [0.5, 0.6) is 0 Å². The molecular weight excluding hydrogens is 198 g/mol. The summed E-state index contributed by atoms with van der Waals surface area (Å²) in [6.07, 6.45) is 0. The molecule has 0 fully saturated rings. The summed E-state index contributed by atoms with van der Waals surface area (Å²) >= 11 is 0. The molecule has 0 spiro atoms. The van der Waals surface area contributed by atoms with Crippen LogP contribution < -0.4 is 5.32 Å². The van der Waals surface area contributed by atoms with Gasteiger partial charge >= 0.3 is 11.9 Å². The van der Waals surface area contributed by atoms with Gasteiger partial charge in [-0.05, 0) is 12.8 Å². The maximum atomic E-state index is 11.4. The fraction of sp³-hybridized carbons (Fsp3) is 0.800. The molecule has 0 aliphatic carbocycles. The largest absolute Gasteiger partial charge is 0.468 e. The minimum absolute atomic E-state index is 0.0459. The lowest BCUT2D eigenvalue weighted by Gasteiger charge is -2.22. The zero-order valence-electron chi connectivity index (χ0n) is 9.87. The van der Waals surface area contributed by atoms with Crippen molar-refractivity contribution in [2.75, 3.05) is 14.2 Å². The highest BCUT2D eigenvalue weighted by Crippen LogP contribution is 2.05. The molecule has 0 saturated carbocycles. The van der Waals surface area contributed by atoms with E-state index in [9.17, 15) is 9.59 Å². The molecule has 0 heterocycles. The molecule has 88 valence electrons. The van der Waals surface area contributed by atoms with Crippen LogP contribution in [-0.4, -0.2) is 38.2 Å². The molecule has 0 rings (SSSR count). The Balaban J connectivity index is 4.41. The highest BCUT2D eigenvalue weighted by molar-refractivity contribution is 5.79. The molecule has 5 heteroatoms. The molecule has 5 nitrogen and oxygen atoms in total. The summed E-state index contributed by atoms with van der Waals surface area (Å²) in [6, 6.07) is -1.02. The lowest BCUT2D eigenvalue weighted by atomic mass is 10.0. The van der Waals surface area contributed by atoms with Crippen LogP contribution in [0.2, 0.25) is 0 Å². The summed E-state index contributed by atoms with van der Waals surface area (Å²) in [7, 11) is 2.63. The van der Waals surface area contributed by atoms with E-state index >= 15 is 0 Å². The van der Waals surface area contributed by atoms with Gasteiger partial charge in [0.2, 0.25) is 0 Å². The van der Waals surface area contributed by atoms with Crippen molar-refractivity contribution in [3.63, 3.8) is 0 Å². The molecule has 2 unspecified atom stereocenters. The molecular formula is C10H19NO4. The molecule has 1 N–H and O–H groups in total. The lowest BCUT2D eigenvalue weighted by Crippen LogP contribution is -2.49. The number of hydrogen-bond acceptors (Lipinski definition) is 5. The number of hydrogen-bond donors (Lipinski definition) is 1. The summed E-state index contributed by atoms with van der Waals surface area (Å²) in [4.78, 5) is 22.5. The van der Waals surface area contributed by atoms with Gasteiger partial charge < -0.3 is 9.47 Å². The first-order chi connectivity index (χ1) is 6.93. The van der Waals surface area contributed by atoms with Crippen molar-refractivity contribution in [3.05, 3.63) is 0 Å². The molecule has 0 aliphatic rings. The quantitative estimate of drug-likeness (QED) is 0.672. The smallest absolute Gasteiger partial charge is 0.323 e. The molecule has 2 atom stereocenters. The number of methoxy groups -OCH3 is 2. The monoisotopic (exact) mass is 217 g/mol. The van der Waals surface area contributed by atoms with Crippen LogP contribution in [0.4, 0.5) is 0 Å². The van der Waals surface area contributed by atoms with Crippen LogP contribution in [0.1, 0.15) is 20.8 Å². The summed E-state index contributed by atoms with van der Waals surface area (Å²) in [5.74, 6) is -0.727. The second-order valence-corrected chi connectivity index (χ2v) is 3.66. The van der Waals surface area contributed by atoms with E-state index in [0.717, 1.165) is 0 Å². The average Bonchev–Trinajstić information content (AvgIpc) is 2.22. The normalized spacial score (nSPS) is 14.5. The summed E-state index contributed by atoms with van der Waals surface area (Å²) in [6.45, 7) is 5.39. The van der Waals surface area contributed by atoms with Gasteiger partial charge in [0.05, 0.1) is 14.2 Å². The van der Waals surface area contributed by atoms with Crippen molar-refractivity contribution in [1.29, 1.82) is 0 Å². The maximum Gasteiger partial charge on any atom is 0.323 e. The van der Waals surface area contributed by atoms with Crippen molar-refractivity contribution < 1.29 is 19.1 Å². The van der Waals surface area contributed by atoms with Gasteiger partial charge in [-0.3, -0.25) is 14.9 Å². The summed E-state index contributed by atoms with van der Waals surface area (Å²) in [5, 5.41) is 2.87. The van der Waals surface area contributed by atoms with Crippen LogP contribution in [0.25, 0.3) is 0 Å². The fourth-order valence-electron chi connectivity index (χ4n) is 1.17. The molecule has 0 saturated heterocycles. The fourth-order valence-corrected chi connectivity index (χ4v) is 1.17. The van der Waals surface area contributed by atoms with Crippen molar-refractivity contribution >= 4 is 11.9 Å². The first-order valence-electron chi connectivity index (χ1n) is 4.85.